The van der Waals surface area contributed by atoms with E-state index in [1.165, 1.54) is 0 Å². The number of hydrogen-bond acceptors (Lipinski definition) is 3. The molecule has 1 aromatic rings. The number of H-pyrrole nitrogens is 2. The fourth-order valence-corrected chi connectivity index (χ4v) is 1.25. The molecule has 0 saturated carbocycles. The fraction of sp³-hybridized carbons (Fsp3) is 0.429. The number of nitrogens with one attached hydrogen (secondary N) is 2. The van der Waals surface area contributed by atoms with Crippen molar-refractivity contribution in [2.75, 3.05) is 0 Å². The van der Waals surface area contributed by atoms with E-state index >= 15 is 0 Å². The zero-order chi connectivity index (χ0) is 10.2. The van der Waals surface area contributed by atoms with E-state index in [9.17, 15) is 9.59 Å². The first-order valence-corrected chi connectivity index (χ1v) is 4.01. The first kappa shape index (κ1) is 10.0. The van der Waals surface area contributed by atoms with E-state index < -0.39 is 16.8 Å². The lowest BCUT2D eigenvalue weighted by molar-refractivity contribution is 0.530. The molecule has 0 aliphatic heterocycles. The summed E-state index contributed by atoms with van der Waals surface area (Å²) in [7, 11) is 0. The third-order valence-electron chi connectivity index (χ3n) is 1.53. The van der Waals surface area contributed by atoms with Gasteiger partial charge in [-0.2, -0.15) is 0 Å². The number of hydrogen-bond donors (Lipinski definition) is 3. The van der Waals surface area contributed by atoms with E-state index in [0.29, 0.717) is 0 Å². The minimum absolute atomic E-state index is 0.0768. The Morgan fingerprint density at radius 2 is 1.85 bits per heavy atom. The maximum Gasteiger partial charge on any atom is 0.326 e. The Balaban J connectivity index is 3.56. The van der Waals surface area contributed by atoms with E-state index in [2.05, 4.69) is 4.98 Å². The van der Waals surface area contributed by atoms with Gasteiger partial charge in [0.15, 0.2) is 0 Å². The lowest BCUT2D eigenvalue weighted by atomic mass is 10.0. The predicted molar refractivity (Wildman–Crippen MR) is 49.9 cm³/mol. The van der Waals surface area contributed by atoms with Crippen LogP contribution >= 0.6 is 11.6 Å². The summed E-state index contributed by atoms with van der Waals surface area (Å²) < 4.78 is 0. The van der Waals surface area contributed by atoms with E-state index in [4.69, 9.17) is 17.3 Å². The van der Waals surface area contributed by atoms with Crippen molar-refractivity contribution in [1.29, 1.82) is 0 Å². The Kier molecular flexibility index (Phi) is 2.32. The van der Waals surface area contributed by atoms with Crippen LogP contribution in [0.3, 0.4) is 0 Å². The molecule has 0 fully saturated rings. The zero-order valence-corrected chi connectivity index (χ0v) is 8.03. The summed E-state index contributed by atoms with van der Waals surface area (Å²) in [6, 6.07) is 0. The van der Waals surface area contributed by atoms with Crippen LogP contribution in [-0.4, -0.2) is 9.97 Å². The molecule has 0 saturated heterocycles. The molecule has 0 amide bonds. The molecule has 1 aromatic heterocycles. The van der Waals surface area contributed by atoms with Gasteiger partial charge >= 0.3 is 5.69 Å². The smallest absolute Gasteiger partial charge is 0.321 e. The van der Waals surface area contributed by atoms with E-state index in [-0.39, 0.29) is 10.7 Å². The summed E-state index contributed by atoms with van der Waals surface area (Å²) >= 11 is 5.66. The summed E-state index contributed by atoms with van der Waals surface area (Å²) in [5.41, 5.74) is 3.85. The first-order valence-electron chi connectivity index (χ1n) is 3.64. The number of aromatic nitrogens is 2. The monoisotopic (exact) mass is 203 g/mol. The standard InChI is InChI=1S/C7H10ClN3O2/c1-7(2,9)4-3(8)5(12)11-6(13)10-4/h9H2,1-2H3,(H2,10,11,12,13). The van der Waals surface area contributed by atoms with Gasteiger partial charge in [-0.15, -0.1) is 0 Å². The van der Waals surface area contributed by atoms with E-state index in [0.717, 1.165) is 0 Å². The van der Waals surface area contributed by atoms with Crippen molar-refractivity contribution in [3.63, 3.8) is 0 Å². The number of nitrogens with two attached hydrogens (primary N) is 1. The fourth-order valence-electron chi connectivity index (χ4n) is 0.915. The normalized spacial score (nSPS) is 11.7. The molecule has 0 spiro atoms. The van der Waals surface area contributed by atoms with Crippen LogP contribution in [0.2, 0.25) is 5.02 Å². The average Bonchev–Trinajstić information content (AvgIpc) is 1.94. The Hall–Kier alpha value is -1.07. The lowest BCUT2D eigenvalue weighted by Crippen LogP contribution is -2.36. The van der Waals surface area contributed by atoms with Crippen molar-refractivity contribution in [3.8, 4) is 0 Å². The molecule has 72 valence electrons. The van der Waals surface area contributed by atoms with Gasteiger partial charge in [0.2, 0.25) is 0 Å². The molecule has 5 nitrogen and oxygen atoms in total. The van der Waals surface area contributed by atoms with Crippen molar-refractivity contribution in [3.05, 3.63) is 31.6 Å². The van der Waals surface area contributed by atoms with Gasteiger partial charge in [-0.05, 0) is 13.8 Å². The molecule has 0 bridgehead atoms. The van der Waals surface area contributed by atoms with Crippen molar-refractivity contribution in [2.24, 2.45) is 5.73 Å². The van der Waals surface area contributed by atoms with Crippen LogP contribution in [-0.2, 0) is 5.54 Å². The summed E-state index contributed by atoms with van der Waals surface area (Å²) in [5.74, 6) is 0. The quantitative estimate of drug-likeness (QED) is 0.596. The Labute approximate surface area is 78.9 Å². The average molecular weight is 204 g/mol. The molecule has 0 aliphatic carbocycles. The zero-order valence-electron chi connectivity index (χ0n) is 7.27. The predicted octanol–water partition coefficient (Wildman–Crippen LogP) is -0.0896. The van der Waals surface area contributed by atoms with Gasteiger partial charge < -0.3 is 10.7 Å². The Morgan fingerprint density at radius 1 is 1.31 bits per heavy atom. The summed E-state index contributed by atoms with van der Waals surface area (Å²) in [5, 5.41) is -0.0768. The highest BCUT2D eigenvalue weighted by atomic mass is 35.5. The topological polar surface area (TPSA) is 91.7 Å². The summed E-state index contributed by atoms with van der Waals surface area (Å²) in [6.45, 7) is 3.28. The third-order valence-corrected chi connectivity index (χ3v) is 1.89. The second-order valence-corrected chi connectivity index (χ2v) is 3.70. The number of aromatic amines is 2. The highest BCUT2D eigenvalue weighted by Crippen LogP contribution is 2.18. The highest BCUT2D eigenvalue weighted by molar-refractivity contribution is 6.31. The Bertz CT molecular complexity index is 427. The van der Waals surface area contributed by atoms with E-state index in [1.54, 1.807) is 13.8 Å². The molecule has 13 heavy (non-hydrogen) atoms. The van der Waals surface area contributed by atoms with Gasteiger partial charge in [-0.3, -0.25) is 9.78 Å². The van der Waals surface area contributed by atoms with Crippen LogP contribution in [0.15, 0.2) is 9.59 Å². The lowest BCUT2D eigenvalue weighted by Gasteiger charge is -2.18. The van der Waals surface area contributed by atoms with Crippen LogP contribution in [0.25, 0.3) is 0 Å². The minimum Gasteiger partial charge on any atom is -0.321 e. The third kappa shape index (κ3) is 1.99. The molecule has 0 unspecified atom stereocenters. The Morgan fingerprint density at radius 3 is 2.31 bits per heavy atom. The van der Waals surface area contributed by atoms with Crippen molar-refractivity contribution in [1.82, 2.24) is 9.97 Å². The molecule has 4 N–H and O–H groups in total. The molecule has 6 heteroatoms. The molecular formula is C7H10ClN3O2. The molecular weight excluding hydrogens is 194 g/mol. The van der Waals surface area contributed by atoms with E-state index in [1.807, 2.05) is 4.98 Å². The minimum atomic E-state index is -0.843. The first-order chi connectivity index (χ1) is 5.82. The molecule has 0 aliphatic rings. The van der Waals surface area contributed by atoms with Crippen LogP contribution in [0.4, 0.5) is 0 Å². The molecule has 0 radical (unpaired) electrons. The van der Waals surface area contributed by atoms with Crippen LogP contribution in [0.1, 0.15) is 19.5 Å². The number of halogens is 1. The SMILES string of the molecule is CC(C)(N)c1[nH]c(=O)[nH]c(=O)c1Cl. The van der Waals surface area contributed by atoms with Crippen LogP contribution in [0, 0.1) is 0 Å². The highest BCUT2D eigenvalue weighted by Gasteiger charge is 2.20. The van der Waals surface area contributed by atoms with Crippen molar-refractivity contribution in [2.45, 2.75) is 19.4 Å². The molecule has 0 atom stereocenters. The molecule has 1 heterocycles. The van der Waals surface area contributed by atoms with Gasteiger partial charge in [-0.25, -0.2) is 4.79 Å². The summed E-state index contributed by atoms with van der Waals surface area (Å²) in [6.07, 6.45) is 0. The van der Waals surface area contributed by atoms with Gasteiger partial charge in [0.05, 0.1) is 11.2 Å². The second-order valence-electron chi connectivity index (χ2n) is 3.32. The van der Waals surface area contributed by atoms with Crippen LogP contribution < -0.4 is 17.0 Å². The van der Waals surface area contributed by atoms with Crippen molar-refractivity contribution >= 4 is 11.6 Å². The maximum atomic E-state index is 11.0. The van der Waals surface area contributed by atoms with Crippen LogP contribution in [0.5, 0.6) is 0 Å². The van der Waals surface area contributed by atoms with Gasteiger partial charge in [-0.1, -0.05) is 11.6 Å². The van der Waals surface area contributed by atoms with Gasteiger partial charge in [0.1, 0.15) is 5.02 Å². The van der Waals surface area contributed by atoms with Gasteiger partial charge in [0.25, 0.3) is 5.56 Å². The molecule has 0 aromatic carbocycles. The second kappa shape index (κ2) is 3.01. The number of rotatable bonds is 1. The molecule has 1 rings (SSSR count). The van der Waals surface area contributed by atoms with Gasteiger partial charge in [0, 0.05) is 0 Å². The van der Waals surface area contributed by atoms with Crippen molar-refractivity contribution < 1.29 is 0 Å². The summed E-state index contributed by atoms with van der Waals surface area (Å²) in [4.78, 5) is 26.3. The largest absolute Gasteiger partial charge is 0.326 e. The maximum absolute atomic E-state index is 11.0.